The fourth-order valence-corrected chi connectivity index (χ4v) is 2.45. The Kier molecular flexibility index (Phi) is 2.56. The summed E-state index contributed by atoms with van der Waals surface area (Å²) in [7, 11) is 0. The second-order valence-corrected chi connectivity index (χ2v) is 4.99. The summed E-state index contributed by atoms with van der Waals surface area (Å²) in [5, 5.41) is 12.7. The van der Waals surface area contributed by atoms with Crippen LogP contribution in [0, 0.1) is 12.7 Å². The predicted molar refractivity (Wildman–Crippen MR) is 68.0 cm³/mol. The molecule has 0 aliphatic carbocycles. The number of carbonyl (C=O) groups is 1. The first-order valence-electron chi connectivity index (χ1n) is 5.40. The van der Waals surface area contributed by atoms with Gasteiger partial charge in [0.05, 0.1) is 11.9 Å². The topological polar surface area (TPSA) is 67.5 Å². The van der Waals surface area contributed by atoms with Crippen LogP contribution in [-0.2, 0) is 0 Å². The van der Waals surface area contributed by atoms with Crippen LogP contribution >= 0.6 is 11.3 Å². The lowest BCUT2D eigenvalue weighted by Crippen LogP contribution is -1.95. The number of aromatic nitrogens is 3. The van der Waals surface area contributed by atoms with Crippen LogP contribution in [0.25, 0.3) is 16.2 Å². The molecule has 0 aliphatic heterocycles. The minimum absolute atomic E-state index is 0.00987. The summed E-state index contributed by atoms with van der Waals surface area (Å²) in [5.74, 6) is -1.34. The number of hydrogen-bond acceptors (Lipinski definition) is 4. The second-order valence-electron chi connectivity index (χ2n) is 4.03. The third-order valence-electron chi connectivity index (χ3n) is 2.68. The summed E-state index contributed by atoms with van der Waals surface area (Å²) in [4.78, 5) is 15.6. The zero-order valence-corrected chi connectivity index (χ0v) is 10.6. The lowest BCUT2D eigenvalue weighted by Gasteiger charge is -1.99. The van der Waals surface area contributed by atoms with Crippen molar-refractivity contribution in [3.05, 3.63) is 40.8 Å². The molecule has 3 rings (SSSR count). The summed E-state index contributed by atoms with van der Waals surface area (Å²) < 4.78 is 14.6. The molecule has 0 aliphatic rings. The molecule has 0 saturated carbocycles. The normalized spacial score (nSPS) is 11.1. The van der Waals surface area contributed by atoms with E-state index in [9.17, 15) is 9.18 Å². The van der Waals surface area contributed by atoms with Gasteiger partial charge in [0.25, 0.3) is 0 Å². The van der Waals surface area contributed by atoms with Gasteiger partial charge in [-0.15, -0.1) is 5.10 Å². The third-order valence-corrected chi connectivity index (χ3v) is 3.59. The highest BCUT2D eigenvalue weighted by molar-refractivity contribution is 7.18. The average molecular weight is 277 g/mol. The molecule has 0 saturated heterocycles. The average Bonchev–Trinajstić information content (AvgIpc) is 2.90. The van der Waals surface area contributed by atoms with Crippen molar-refractivity contribution in [3.8, 4) is 11.3 Å². The van der Waals surface area contributed by atoms with Crippen molar-refractivity contribution in [2.45, 2.75) is 6.92 Å². The zero-order valence-electron chi connectivity index (χ0n) is 9.79. The number of rotatable bonds is 2. The molecule has 1 aromatic carbocycles. The van der Waals surface area contributed by atoms with Gasteiger partial charge >= 0.3 is 5.97 Å². The highest BCUT2D eigenvalue weighted by Crippen LogP contribution is 2.23. The summed E-state index contributed by atoms with van der Waals surface area (Å²) >= 11 is 0.995. The van der Waals surface area contributed by atoms with Crippen molar-refractivity contribution in [3.63, 3.8) is 0 Å². The number of benzene rings is 1. The fraction of sp³-hybridized carbons (Fsp3) is 0.0833. The summed E-state index contributed by atoms with van der Waals surface area (Å²) in [6.45, 7) is 1.68. The van der Waals surface area contributed by atoms with Crippen LogP contribution in [0.15, 0.2) is 24.4 Å². The molecule has 96 valence electrons. The Morgan fingerprint density at radius 2 is 2.26 bits per heavy atom. The van der Waals surface area contributed by atoms with Gasteiger partial charge < -0.3 is 5.11 Å². The molecule has 0 unspecified atom stereocenters. The molecule has 2 heterocycles. The number of aryl methyl sites for hydroxylation is 1. The molecule has 0 atom stereocenters. The third kappa shape index (κ3) is 1.97. The van der Waals surface area contributed by atoms with Crippen LogP contribution in [0.1, 0.15) is 15.4 Å². The number of carboxylic acids is 1. The number of aromatic carboxylic acids is 1. The van der Waals surface area contributed by atoms with Crippen LogP contribution < -0.4 is 0 Å². The molecule has 3 aromatic rings. The van der Waals surface area contributed by atoms with E-state index >= 15 is 0 Å². The molecule has 2 aromatic heterocycles. The van der Waals surface area contributed by atoms with E-state index < -0.39 is 5.97 Å². The van der Waals surface area contributed by atoms with E-state index in [1.165, 1.54) is 10.6 Å². The molecule has 5 nitrogen and oxygen atoms in total. The van der Waals surface area contributed by atoms with Gasteiger partial charge in [-0.2, -0.15) is 0 Å². The first kappa shape index (κ1) is 11.8. The Morgan fingerprint density at radius 3 is 2.89 bits per heavy atom. The van der Waals surface area contributed by atoms with Gasteiger partial charge in [0.2, 0.25) is 9.97 Å². The number of nitrogens with zero attached hydrogens (tertiary/aromatic N) is 3. The van der Waals surface area contributed by atoms with Crippen molar-refractivity contribution in [2.24, 2.45) is 0 Å². The minimum Gasteiger partial charge on any atom is -0.476 e. The Bertz CT molecular complexity index is 762. The van der Waals surface area contributed by atoms with Gasteiger partial charge in [-0.3, -0.25) is 0 Å². The Hall–Kier alpha value is -2.28. The molecule has 0 bridgehead atoms. The van der Waals surface area contributed by atoms with E-state index in [4.69, 9.17) is 5.11 Å². The first-order chi connectivity index (χ1) is 9.04. The molecule has 0 amide bonds. The van der Waals surface area contributed by atoms with E-state index in [0.717, 1.165) is 16.9 Å². The van der Waals surface area contributed by atoms with Crippen molar-refractivity contribution >= 4 is 22.3 Å². The molecular formula is C12H8FN3O2S. The van der Waals surface area contributed by atoms with Crippen LogP contribution in [0.2, 0.25) is 0 Å². The minimum atomic E-state index is -1.07. The van der Waals surface area contributed by atoms with Crippen LogP contribution in [0.3, 0.4) is 0 Å². The largest absolute Gasteiger partial charge is 0.476 e. The van der Waals surface area contributed by atoms with Gasteiger partial charge in [0, 0.05) is 5.56 Å². The van der Waals surface area contributed by atoms with E-state index in [2.05, 4.69) is 10.1 Å². The van der Waals surface area contributed by atoms with Crippen molar-refractivity contribution in [2.75, 3.05) is 0 Å². The quantitative estimate of drug-likeness (QED) is 0.781. The summed E-state index contributed by atoms with van der Waals surface area (Å²) in [6.07, 6.45) is 1.63. The SMILES string of the molecule is Cc1cc(-c2cn3nc(C(=O)O)sc3n2)ccc1F. The maximum absolute atomic E-state index is 13.2. The molecule has 0 radical (unpaired) electrons. The summed E-state index contributed by atoms with van der Waals surface area (Å²) in [6, 6.07) is 4.71. The molecule has 7 heteroatoms. The van der Waals surface area contributed by atoms with Crippen LogP contribution in [-0.4, -0.2) is 25.7 Å². The smallest absolute Gasteiger partial charge is 0.367 e. The van der Waals surface area contributed by atoms with Gasteiger partial charge in [-0.1, -0.05) is 11.3 Å². The van der Waals surface area contributed by atoms with E-state index in [0.29, 0.717) is 16.2 Å². The maximum Gasteiger partial charge on any atom is 0.367 e. The molecular weight excluding hydrogens is 269 g/mol. The first-order valence-corrected chi connectivity index (χ1v) is 6.22. The van der Waals surface area contributed by atoms with Crippen molar-refractivity contribution in [1.82, 2.24) is 14.6 Å². The summed E-state index contributed by atoms with van der Waals surface area (Å²) in [5.41, 5.74) is 1.94. The Morgan fingerprint density at radius 1 is 1.47 bits per heavy atom. The van der Waals surface area contributed by atoms with Gasteiger partial charge in [-0.05, 0) is 30.7 Å². The standard InChI is InChI=1S/C12H8FN3O2S/c1-6-4-7(2-3-8(6)13)9-5-16-12(14-9)19-10(15-16)11(17)18/h2-5H,1H3,(H,17,18). The van der Waals surface area contributed by atoms with E-state index in [1.807, 2.05) is 0 Å². The van der Waals surface area contributed by atoms with Crippen molar-refractivity contribution < 1.29 is 14.3 Å². The van der Waals surface area contributed by atoms with Gasteiger partial charge in [0.1, 0.15) is 5.82 Å². The highest BCUT2D eigenvalue weighted by Gasteiger charge is 2.14. The lowest BCUT2D eigenvalue weighted by atomic mass is 10.1. The number of halogens is 1. The monoisotopic (exact) mass is 277 g/mol. The number of imidazole rings is 1. The molecule has 19 heavy (non-hydrogen) atoms. The fourth-order valence-electron chi connectivity index (χ4n) is 1.73. The number of carboxylic acid groups (broad SMARTS) is 1. The number of hydrogen-bond donors (Lipinski definition) is 1. The van der Waals surface area contributed by atoms with Gasteiger partial charge in [-0.25, -0.2) is 18.7 Å². The van der Waals surface area contributed by atoms with Gasteiger partial charge in [0.15, 0.2) is 0 Å². The van der Waals surface area contributed by atoms with E-state index in [1.54, 1.807) is 25.3 Å². The second kappa shape index (κ2) is 4.13. The Labute approximate surface area is 111 Å². The molecule has 1 N–H and O–H groups in total. The van der Waals surface area contributed by atoms with Crippen LogP contribution in [0.5, 0.6) is 0 Å². The maximum atomic E-state index is 13.2. The molecule has 0 spiro atoms. The Balaban J connectivity index is 2.08. The number of fused-ring (bicyclic) bond motifs is 1. The van der Waals surface area contributed by atoms with Crippen LogP contribution in [0.4, 0.5) is 4.39 Å². The zero-order chi connectivity index (χ0) is 13.6. The highest BCUT2D eigenvalue weighted by atomic mass is 32.1. The lowest BCUT2D eigenvalue weighted by molar-refractivity contribution is 0.0695. The van der Waals surface area contributed by atoms with E-state index in [-0.39, 0.29) is 10.8 Å². The predicted octanol–water partition coefficient (Wildman–Crippen LogP) is 2.60. The molecule has 0 fully saturated rings. The van der Waals surface area contributed by atoms with Crippen molar-refractivity contribution in [1.29, 1.82) is 0 Å².